The van der Waals surface area contributed by atoms with Gasteiger partial charge in [0.25, 0.3) is 10.0 Å². The van der Waals surface area contributed by atoms with Gasteiger partial charge in [0.15, 0.2) is 0 Å². The molecule has 148 valence electrons. The summed E-state index contributed by atoms with van der Waals surface area (Å²) >= 11 is 1.26. The van der Waals surface area contributed by atoms with E-state index in [0.29, 0.717) is 9.62 Å². The maximum absolute atomic E-state index is 13.1. The van der Waals surface area contributed by atoms with Crippen molar-refractivity contribution in [1.82, 2.24) is 0 Å². The molecule has 1 aromatic heterocycles. The van der Waals surface area contributed by atoms with Crippen molar-refractivity contribution in [2.24, 2.45) is 17.8 Å². The van der Waals surface area contributed by atoms with Crippen LogP contribution in [0.15, 0.2) is 58.6 Å². The van der Waals surface area contributed by atoms with E-state index in [-0.39, 0.29) is 6.54 Å². The molecule has 0 amide bonds. The Bertz CT molecular complexity index is 925. The van der Waals surface area contributed by atoms with Gasteiger partial charge < -0.3 is 0 Å². The number of nitrogens with zero attached hydrogens (tertiary/aromatic N) is 1. The molecule has 0 aliphatic heterocycles. The van der Waals surface area contributed by atoms with Crippen LogP contribution in [-0.4, -0.2) is 15.0 Å². The van der Waals surface area contributed by atoms with Crippen LogP contribution in [0.25, 0.3) is 0 Å². The molecule has 28 heavy (non-hydrogen) atoms. The minimum Gasteiger partial charge on any atom is -0.262 e. The van der Waals surface area contributed by atoms with Crippen molar-refractivity contribution < 1.29 is 8.42 Å². The van der Waals surface area contributed by atoms with Crippen molar-refractivity contribution in [3.05, 3.63) is 60.0 Å². The minimum absolute atomic E-state index is 0.275. The highest BCUT2D eigenvalue weighted by Crippen LogP contribution is 2.60. The molecule has 0 radical (unpaired) electrons. The third-order valence-electron chi connectivity index (χ3n) is 7.14. The molecule has 6 rings (SSSR count). The molecule has 0 spiro atoms. The van der Waals surface area contributed by atoms with Crippen LogP contribution >= 0.6 is 11.3 Å². The molecule has 4 aliphatic carbocycles. The monoisotopic (exact) mass is 413 g/mol. The van der Waals surface area contributed by atoms with Crippen LogP contribution in [0.4, 0.5) is 5.69 Å². The van der Waals surface area contributed by atoms with Crippen LogP contribution in [0.2, 0.25) is 0 Å². The third kappa shape index (κ3) is 2.94. The van der Waals surface area contributed by atoms with Crippen LogP contribution in [0, 0.1) is 17.8 Å². The molecule has 4 aliphatic rings. The van der Waals surface area contributed by atoms with E-state index in [4.69, 9.17) is 0 Å². The molecular formula is C23H27NO2S2. The van der Waals surface area contributed by atoms with Crippen LogP contribution in [0.1, 0.15) is 44.1 Å². The molecule has 1 aromatic carbocycles. The predicted molar refractivity (Wildman–Crippen MR) is 115 cm³/mol. The standard InChI is InChI=1S/C23H27NO2S2/c1-2-9-24(28(25,26)22-4-3-10-27-22)21-7-5-20(6-8-21)23-14-17-11-18(15-23)13-19(12-17)16-23/h2-8,10,17-19H,1,9,11-16H2. The first-order valence-corrected chi connectivity index (χ1v) is 12.6. The number of benzene rings is 1. The topological polar surface area (TPSA) is 37.4 Å². The molecule has 5 heteroatoms. The number of hydrogen-bond donors (Lipinski definition) is 0. The molecule has 0 unspecified atom stereocenters. The molecular weight excluding hydrogens is 386 g/mol. The Hall–Kier alpha value is -1.59. The summed E-state index contributed by atoms with van der Waals surface area (Å²) in [7, 11) is -3.55. The van der Waals surface area contributed by atoms with E-state index in [2.05, 4.69) is 18.7 Å². The van der Waals surface area contributed by atoms with Gasteiger partial charge in [0.2, 0.25) is 0 Å². The van der Waals surface area contributed by atoms with Crippen LogP contribution in [0.3, 0.4) is 0 Å². The number of thiophene rings is 1. The second-order valence-corrected chi connectivity index (χ2v) is 12.0. The van der Waals surface area contributed by atoms with Gasteiger partial charge in [-0.2, -0.15) is 0 Å². The van der Waals surface area contributed by atoms with E-state index >= 15 is 0 Å². The molecule has 4 saturated carbocycles. The maximum atomic E-state index is 13.1. The van der Waals surface area contributed by atoms with Crippen molar-refractivity contribution in [2.75, 3.05) is 10.8 Å². The average Bonchev–Trinajstić information content (AvgIpc) is 3.21. The Balaban J connectivity index is 1.46. The number of anilines is 1. The zero-order valence-corrected chi connectivity index (χ0v) is 17.7. The van der Waals surface area contributed by atoms with Crippen molar-refractivity contribution in [2.45, 2.75) is 48.1 Å². The molecule has 0 N–H and O–H groups in total. The molecule has 4 fully saturated rings. The molecule has 3 nitrogen and oxygen atoms in total. The molecule has 0 saturated heterocycles. The summed E-state index contributed by atoms with van der Waals surface area (Å²) in [5.41, 5.74) is 2.48. The highest BCUT2D eigenvalue weighted by atomic mass is 32.2. The summed E-state index contributed by atoms with van der Waals surface area (Å²) in [6.07, 6.45) is 9.92. The molecule has 0 atom stereocenters. The lowest BCUT2D eigenvalue weighted by molar-refractivity contribution is -0.00518. The van der Waals surface area contributed by atoms with Gasteiger partial charge in [0.1, 0.15) is 4.21 Å². The summed E-state index contributed by atoms with van der Waals surface area (Å²) in [4.78, 5) is 0. The largest absolute Gasteiger partial charge is 0.274 e. The van der Waals surface area contributed by atoms with Gasteiger partial charge in [-0.15, -0.1) is 17.9 Å². The van der Waals surface area contributed by atoms with Gasteiger partial charge in [-0.25, -0.2) is 8.42 Å². The van der Waals surface area contributed by atoms with Gasteiger partial charge >= 0.3 is 0 Å². The third-order valence-corrected chi connectivity index (χ3v) is 10.3. The Kier molecular flexibility index (Phi) is 4.44. The molecule has 4 bridgehead atoms. The van der Waals surface area contributed by atoms with Gasteiger partial charge in [0, 0.05) is 0 Å². The van der Waals surface area contributed by atoms with Gasteiger partial charge in [0.05, 0.1) is 12.2 Å². The van der Waals surface area contributed by atoms with E-state index < -0.39 is 10.0 Å². The highest BCUT2D eigenvalue weighted by Gasteiger charge is 2.51. The first kappa shape index (κ1) is 18.4. The zero-order valence-electron chi connectivity index (χ0n) is 16.1. The fourth-order valence-corrected chi connectivity index (χ4v) is 8.96. The summed E-state index contributed by atoms with van der Waals surface area (Å²) in [6, 6.07) is 11.8. The lowest BCUT2D eigenvalue weighted by atomic mass is 9.48. The first-order chi connectivity index (χ1) is 13.5. The fourth-order valence-electron chi connectivity index (χ4n) is 6.42. The van der Waals surface area contributed by atoms with Gasteiger partial charge in [-0.05, 0) is 90.8 Å². The average molecular weight is 414 g/mol. The first-order valence-electron chi connectivity index (χ1n) is 10.3. The van der Waals surface area contributed by atoms with E-state index in [1.165, 1.54) is 59.7 Å². The lowest BCUT2D eigenvalue weighted by Gasteiger charge is -2.57. The van der Waals surface area contributed by atoms with Crippen LogP contribution in [0.5, 0.6) is 0 Å². The van der Waals surface area contributed by atoms with Crippen molar-refractivity contribution in [3.8, 4) is 0 Å². The second-order valence-electron chi connectivity index (χ2n) is 9.00. The fraction of sp³-hybridized carbons (Fsp3) is 0.478. The minimum atomic E-state index is -3.55. The van der Waals surface area contributed by atoms with Crippen LogP contribution in [-0.2, 0) is 15.4 Å². The Morgan fingerprint density at radius 1 is 1.04 bits per heavy atom. The smallest absolute Gasteiger partial charge is 0.262 e. The maximum Gasteiger partial charge on any atom is 0.274 e. The number of sulfonamides is 1. The second kappa shape index (κ2) is 6.74. The SMILES string of the molecule is C=CCN(c1ccc(C23CC4CC(CC(C4)C2)C3)cc1)S(=O)(=O)c1cccs1. The van der Waals surface area contributed by atoms with E-state index in [1.54, 1.807) is 23.6 Å². The Labute approximate surface area is 172 Å². The Morgan fingerprint density at radius 2 is 1.64 bits per heavy atom. The Morgan fingerprint density at radius 3 is 2.14 bits per heavy atom. The number of rotatable bonds is 6. The summed E-state index contributed by atoms with van der Waals surface area (Å²) in [6.45, 7) is 4.04. The van der Waals surface area contributed by atoms with Gasteiger partial charge in [-0.1, -0.05) is 24.3 Å². The van der Waals surface area contributed by atoms with E-state index in [1.807, 2.05) is 12.1 Å². The summed E-state index contributed by atoms with van der Waals surface area (Å²) in [5.74, 6) is 2.71. The van der Waals surface area contributed by atoms with Crippen molar-refractivity contribution in [1.29, 1.82) is 0 Å². The summed E-state index contributed by atoms with van der Waals surface area (Å²) < 4.78 is 28.0. The molecule has 2 aromatic rings. The normalized spacial score (nSPS) is 31.1. The van der Waals surface area contributed by atoms with Crippen molar-refractivity contribution >= 4 is 27.0 Å². The quantitative estimate of drug-likeness (QED) is 0.578. The predicted octanol–water partition coefficient (Wildman–Crippen LogP) is 5.60. The highest BCUT2D eigenvalue weighted by molar-refractivity contribution is 7.94. The van der Waals surface area contributed by atoms with E-state index in [0.717, 1.165) is 23.4 Å². The van der Waals surface area contributed by atoms with Crippen molar-refractivity contribution in [3.63, 3.8) is 0 Å². The summed E-state index contributed by atoms with van der Waals surface area (Å²) in [5, 5.41) is 1.80. The van der Waals surface area contributed by atoms with E-state index in [9.17, 15) is 8.42 Å². The number of hydrogen-bond acceptors (Lipinski definition) is 3. The molecule has 1 heterocycles. The zero-order chi connectivity index (χ0) is 19.4. The van der Waals surface area contributed by atoms with Gasteiger partial charge in [-0.3, -0.25) is 4.31 Å². The van der Waals surface area contributed by atoms with Crippen LogP contribution < -0.4 is 4.31 Å². The lowest BCUT2D eigenvalue weighted by Crippen LogP contribution is -2.48.